The fourth-order valence-electron chi connectivity index (χ4n) is 7.64. The van der Waals surface area contributed by atoms with Gasteiger partial charge in [-0.2, -0.15) is 0 Å². The summed E-state index contributed by atoms with van der Waals surface area (Å²) in [7, 11) is 0. The molecular weight excluding hydrogens is 396 g/mol. The third-order valence-corrected chi connectivity index (χ3v) is 8.87. The molecule has 0 radical (unpaired) electrons. The molecule has 3 N–H and O–H groups in total. The van der Waals surface area contributed by atoms with Crippen LogP contribution in [0.2, 0.25) is 0 Å². The SMILES string of the molecule is CCC[C@H](O)O[C@H]1C[C@H]2[C@@H]3CCC4=CC(=O)C=C[C@]4(C)[C@H]3[C@@H](O)C[C@]2(C)[C@H]1C(=O)CO. The summed E-state index contributed by atoms with van der Waals surface area (Å²) < 4.78 is 5.98. The van der Waals surface area contributed by atoms with Gasteiger partial charge in [0.15, 0.2) is 17.9 Å². The molecule has 0 heterocycles. The molecular formula is C25H36O6. The standard InChI is InChI=1S/C25H36O6/c1-4-5-21(30)31-20-11-17-16-7-6-14-10-15(27)8-9-24(14,2)22(16)18(28)12-25(17,3)23(20)19(29)13-26/h8-10,16-18,20-23,26,28,30H,4-7,11-13H2,1-3H3/t16-,17-,18-,20-,21+,22+,23-,24-,25-/m0/s1. The Kier molecular flexibility index (Phi) is 6.05. The van der Waals surface area contributed by atoms with Crippen molar-refractivity contribution in [3.05, 3.63) is 23.8 Å². The van der Waals surface area contributed by atoms with Crippen LogP contribution >= 0.6 is 0 Å². The lowest BCUT2D eigenvalue weighted by Gasteiger charge is -2.58. The highest BCUT2D eigenvalue weighted by Gasteiger charge is 2.65. The van der Waals surface area contributed by atoms with Gasteiger partial charge in [-0.15, -0.1) is 0 Å². The van der Waals surface area contributed by atoms with Crippen LogP contribution in [0.15, 0.2) is 23.8 Å². The third-order valence-electron chi connectivity index (χ3n) is 8.87. The summed E-state index contributed by atoms with van der Waals surface area (Å²) >= 11 is 0. The van der Waals surface area contributed by atoms with E-state index in [0.717, 1.165) is 24.8 Å². The predicted molar refractivity (Wildman–Crippen MR) is 115 cm³/mol. The molecule has 0 aromatic heterocycles. The van der Waals surface area contributed by atoms with E-state index in [0.29, 0.717) is 19.3 Å². The van der Waals surface area contributed by atoms with E-state index in [9.17, 15) is 24.9 Å². The molecule has 0 unspecified atom stereocenters. The molecule has 0 aromatic carbocycles. The van der Waals surface area contributed by atoms with Crippen molar-refractivity contribution in [3.63, 3.8) is 0 Å². The van der Waals surface area contributed by atoms with Gasteiger partial charge in [0.1, 0.15) is 6.61 Å². The lowest BCUT2D eigenvalue weighted by molar-refractivity contribution is -0.166. The van der Waals surface area contributed by atoms with E-state index in [-0.39, 0.29) is 34.7 Å². The molecule has 3 fully saturated rings. The molecule has 4 aliphatic carbocycles. The van der Waals surface area contributed by atoms with E-state index in [1.165, 1.54) is 0 Å². The minimum Gasteiger partial charge on any atom is -0.393 e. The second-order valence-corrected chi connectivity index (χ2v) is 10.6. The molecule has 4 aliphatic rings. The Morgan fingerprint density at radius 1 is 1.35 bits per heavy atom. The monoisotopic (exact) mass is 432 g/mol. The third kappa shape index (κ3) is 3.56. The average molecular weight is 433 g/mol. The van der Waals surface area contributed by atoms with Crippen LogP contribution in [0.1, 0.15) is 59.3 Å². The highest BCUT2D eigenvalue weighted by atomic mass is 16.6. The van der Waals surface area contributed by atoms with E-state index in [1.807, 2.05) is 13.0 Å². The van der Waals surface area contributed by atoms with Crippen LogP contribution in [0, 0.1) is 34.5 Å². The van der Waals surface area contributed by atoms with Gasteiger partial charge in [-0.25, -0.2) is 0 Å². The number of carbonyl (C=O) groups is 2. The molecule has 6 nitrogen and oxygen atoms in total. The van der Waals surface area contributed by atoms with Crippen LogP contribution in [0.3, 0.4) is 0 Å². The molecule has 172 valence electrons. The Bertz CT molecular complexity index is 802. The lowest BCUT2D eigenvalue weighted by Crippen LogP contribution is -2.56. The fraction of sp³-hybridized carbons (Fsp3) is 0.760. The number of aliphatic hydroxyl groups excluding tert-OH is 3. The zero-order valence-electron chi connectivity index (χ0n) is 18.8. The van der Waals surface area contributed by atoms with Crippen LogP contribution in [-0.4, -0.2) is 52.0 Å². The first-order valence-electron chi connectivity index (χ1n) is 11.7. The topological polar surface area (TPSA) is 104 Å². The molecule has 31 heavy (non-hydrogen) atoms. The maximum Gasteiger partial charge on any atom is 0.178 e. The summed E-state index contributed by atoms with van der Waals surface area (Å²) in [6.45, 7) is 5.58. The Morgan fingerprint density at radius 2 is 2.10 bits per heavy atom. The number of hydrogen-bond donors (Lipinski definition) is 3. The average Bonchev–Trinajstić information content (AvgIpc) is 2.99. The van der Waals surface area contributed by atoms with Gasteiger partial charge >= 0.3 is 0 Å². The van der Waals surface area contributed by atoms with Crippen LogP contribution in [0.5, 0.6) is 0 Å². The fourth-order valence-corrected chi connectivity index (χ4v) is 7.64. The van der Waals surface area contributed by atoms with Gasteiger partial charge in [-0.1, -0.05) is 38.8 Å². The van der Waals surface area contributed by atoms with Gasteiger partial charge in [0.05, 0.1) is 18.1 Å². The van der Waals surface area contributed by atoms with E-state index in [1.54, 1.807) is 12.2 Å². The van der Waals surface area contributed by atoms with E-state index in [4.69, 9.17) is 4.74 Å². The zero-order valence-corrected chi connectivity index (χ0v) is 18.8. The lowest BCUT2D eigenvalue weighted by atomic mass is 9.46. The Balaban J connectivity index is 1.69. The minimum atomic E-state index is -0.931. The summed E-state index contributed by atoms with van der Waals surface area (Å²) in [5, 5.41) is 31.4. The quantitative estimate of drug-likeness (QED) is 0.557. The number of fused-ring (bicyclic) bond motifs is 5. The second kappa shape index (κ2) is 8.22. The van der Waals surface area contributed by atoms with Crippen LogP contribution in [0.25, 0.3) is 0 Å². The first-order chi connectivity index (χ1) is 14.7. The van der Waals surface area contributed by atoms with Crippen molar-refractivity contribution in [2.75, 3.05) is 6.61 Å². The highest BCUT2D eigenvalue weighted by molar-refractivity contribution is 6.01. The number of rotatable bonds is 6. The molecule has 0 amide bonds. The first-order valence-corrected chi connectivity index (χ1v) is 11.7. The van der Waals surface area contributed by atoms with Crippen molar-refractivity contribution in [2.45, 2.75) is 77.8 Å². The summed E-state index contributed by atoms with van der Waals surface area (Å²) in [4.78, 5) is 24.8. The van der Waals surface area contributed by atoms with Crippen LogP contribution in [0.4, 0.5) is 0 Å². The molecule has 0 bridgehead atoms. The Morgan fingerprint density at radius 3 is 2.77 bits per heavy atom. The molecule has 0 spiro atoms. The molecule has 0 aliphatic heterocycles. The largest absolute Gasteiger partial charge is 0.393 e. The minimum absolute atomic E-state index is 0.00825. The summed E-state index contributed by atoms with van der Waals surface area (Å²) in [6.07, 6.45) is 7.32. The maximum absolute atomic E-state index is 12.9. The van der Waals surface area contributed by atoms with Crippen LogP contribution in [-0.2, 0) is 14.3 Å². The number of ketones is 2. The van der Waals surface area contributed by atoms with Gasteiger partial charge in [0, 0.05) is 11.3 Å². The van der Waals surface area contributed by atoms with Gasteiger partial charge in [0.2, 0.25) is 0 Å². The molecule has 0 saturated heterocycles. The van der Waals surface area contributed by atoms with Crippen LogP contribution < -0.4 is 0 Å². The number of Topliss-reactive ketones (excluding diaryl/α,β-unsaturated/α-hetero) is 1. The van der Waals surface area contributed by atoms with Crippen molar-refractivity contribution in [2.24, 2.45) is 34.5 Å². The van der Waals surface area contributed by atoms with Crippen molar-refractivity contribution in [1.29, 1.82) is 0 Å². The molecule has 0 aromatic rings. The van der Waals surface area contributed by atoms with Gasteiger partial charge < -0.3 is 20.1 Å². The molecule has 4 rings (SSSR count). The van der Waals surface area contributed by atoms with Crippen molar-refractivity contribution >= 4 is 11.6 Å². The zero-order chi connectivity index (χ0) is 22.6. The van der Waals surface area contributed by atoms with Crippen molar-refractivity contribution in [1.82, 2.24) is 0 Å². The normalized spacial score (nSPS) is 44.8. The number of allylic oxidation sites excluding steroid dienone is 4. The Hall–Kier alpha value is -1.34. The number of carbonyl (C=O) groups excluding carboxylic acids is 2. The van der Waals surface area contributed by atoms with Crippen molar-refractivity contribution in [3.8, 4) is 0 Å². The first kappa shape index (κ1) is 22.8. The molecule has 6 heteroatoms. The number of aliphatic hydroxyl groups is 3. The number of ether oxygens (including phenoxy) is 1. The van der Waals surface area contributed by atoms with Crippen molar-refractivity contribution < 1.29 is 29.6 Å². The Labute approximate surface area is 184 Å². The van der Waals surface area contributed by atoms with Gasteiger partial charge in [0.25, 0.3) is 0 Å². The molecule has 3 saturated carbocycles. The van der Waals surface area contributed by atoms with E-state index in [2.05, 4.69) is 13.8 Å². The number of hydrogen-bond acceptors (Lipinski definition) is 6. The van der Waals surface area contributed by atoms with Gasteiger partial charge in [-0.3, -0.25) is 9.59 Å². The van der Waals surface area contributed by atoms with E-state index < -0.39 is 36.4 Å². The second-order valence-electron chi connectivity index (χ2n) is 10.6. The highest BCUT2D eigenvalue weighted by Crippen LogP contribution is 2.66. The summed E-state index contributed by atoms with van der Waals surface area (Å²) in [5.74, 6) is -0.509. The molecule has 9 atom stereocenters. The van der Waals surface area contributed by atoms with E-state index >= 15 is 0 Å². The van der Waals surface area contributed by atoms with Gasteiger partial charge in [-0.05, 0) is 61.5 Å². The summed E-state index contributed by atoms with van der Waals surface area (Å²) in [5.41, 5.74) is 0.230. The maximum atomic E-state index is 12.9. The smallest absolute Gasteiger partial charge is 0.178 e. The predicted octanol–water partition coefficient (Wildman–Crippen LogP) is 2.56. The summed E-state index contributed by atoms with van der Waals surface area (Å²) in [6, 6.07) is 0.